The first-order valence-electron chi connectivity index (χ1n) is 7.61. The molecule has 0 aliphatic carbocycles. The summed E-state index contributed by atoms with van der Waals surface area (Å²) in [5.74, 6) is -1.26. The van der Waals surface area contributed by atoms with Gasteiger partial charge in [-0.05, 0) is 36.4 Å². The summed E-state index contributed by atoms with van der Waals surface area (Å²) >= 11 is 6.72. The lowest BCUT2D eigenvalue weighted by molar-refractivity contribution is -0.128. The molecule has 1 amide bonds. The van der Waals surface area contributed by atoms with Crippen LogP contribution in [0.1, 0.15) is 0 Å². The van der Waals surface area contributed by atoms with Crippen molar-refractivity contribution in [1.82, 2.24) is 4.90 Å². The third-order valence-electron chi connectivity index (χ3n) is 3.99. The van der Waals surface area contributed by atoms with Crippen molar-refractivity contribution in [2.45, 2.75) is 4.21 Å². The molecule has 0 spiro atoms. The topological polar surface area (TPSA) is 57.7 Å². The number of rotatable bonds is 4. The van der Waals surface area contributed by atoms with Gasteiger partial charge in [-0.1, -0.05) is 11.6 Å². The van der Waals surface area contributed by atoms with Crippen LogP contribution in [0.15, 0.2) is 40.6 Å². The van der Waals surface area contributed by atoms with Gasteiger partial charge in [-0.3, -0.25) is 4.79 Å². The van der Waals surface area contributed by atoms with Crippen molar-refractivity contribution in [2.75, 3.05) is 36.8 Å². The van der Waals surface area contributed by atoms with E-state index >= 15 is 0 Å². The van der Waals surface area contributed by atoms with E-state index in [1.54, 1.807) is 17.0 Å². The summed E-state index contributed by atoms with van der Waals surface area (Å²) in [5, 5.41) is 0. The Morgan fingerprint density at radius 1 is 1.08 bits per heavy atom. The number of hydrogen-bond acceptors (Lipinski definition) is 5. The summed E-state index contributed by atoms with van der Waals surface area (Å²) in [6, 6.07) is 9.10. The minimum absolute atomic E-state index is 0.107. The molecule has 1 aliphatic heterocycles. The summed E-state index contributed by atoms with van der Waals surface area (Å²) in [5.41, 5.74) is 0.884. The molecule has 1 aromatic heterocycles. The van der Waals surface area contributed by atoms with E-state index in [1.807, 2.05) is 4.90 Å². The van der Waals surface area contributed by atoms with Crippen LogP contribution >= 0.6 is 22.9 Å². The van der Waals surface area contributed by atoms with E-state index in [0.29, 0.717) is 30.5 Å². The van der Waals surface area contributed by atoms with Crippen LogP contribution < -0.4 is 4.90 Å². The van der Waals surface area contributed by atoms with Gasteiger partial charge in [-0.2, -0.15) is 0 Å². The number of piperazine rings is 1. The van der Waals surface area contributed by atoms with Crippen LogP contribution in [0.5, 0.6) is 0 Å². The first-order chi connectivity index (χ1) is 11.8. The summed E-state index contributed by atoms with van der Waals surface area (Å²) < 4.78 is 38.0. The fourth-order valence-corrected chi connectivity index (χ4v) is 5.45. The van der Waals surface area contributed by atoms with Gasteiger partial charge in [0.2, 0.25) is 5.91 Å². The van der Waals surface area contributed by atoms with Crippen LogP contribution in [0.25, 0.3) is 0 Å². The van der Waals surface area contributed by atoms with Crippen molar-refractivity contribution in [2.24, 2.45) is 0 Å². The van der Waals surface area contributed by atoms with Crippen LogP contribution in [0, 0.1) is 5.82 Å². The van der Waals surface area contributed by atoms with Gasteiger partial charge in [0.05, 0.1) is 4.34 Å². The lowest BCUT2D eigenvalue weighted by Gasteiger charge is -2.36. The average molecular weight is 403 g/mol. The third kappa shape index (κ3) is 4.31. The summed E-state index contributed by atoms with van der Waals surface area (Å²) in [4.78, 5) is 15.9. The maximum absolute atomic E-state index is 13.0. The first kappa shape index (κ1) is 18.2. The van der Waals surface area contributed by atoms with Crippen molar-refractivity contribution in [3.8, 4) is 0 Å². The van der Waals surface area contributed by atoms with E-state index < -0.39 is 21.5 Å². The molecule has 0 atom stereocenters. The van der Waals surface area contributed by atoms with E-state index in [9.17, 15) is 17.6 Å². The molecule has 5 nitrogen and oxygen atoms in total. The quantitative estimate of drug-likeness (QED) is 0.789. The predicted molar refractivity (Wildman–Crippen MR) is 96.6 cm³/mol. The van der Waals surface area contributed by atoms with E-state index in [0.717, 1.165) is 17.0 Å². The number of amides is 1. The molecule has 3 rings (SSSR count). The molecule has 25 heavy (non-hydrogen) atoms. The van der Waals surface area contributed by atoms with Crippen molar-refractivity contribution < 1.29 is 17.6 Å². The van der Waals surface area contributed by atoms with Crippen LogP contribution in [0.4, 0.5) is 10.1 Å². The molecule has 1 fully saturated rings. The number of carbonyl (C=O) groups excluding carboxylic acids is 1. The number of sulfone groups is 1. The molecular weight excluding hydrogens is 387 g/mol. The van der Waals surface area contributed by atoms with Crippen LogP contribution in [0.3, 0.4) is 0 Å². The van der Waals surface area contributed by atoms with Crippen molar-refractivity contribution >= 4 is 44.4 Å². The van der Waals surface area contributed by atoms with Crippen molar-refractivity contribution in [3.05, 3.63) is 46.6 Å². The monoisotopic (exact) mass is 402 g/mol. The van der Waals surface area contributed by atoms with E-state index in [-0.39, 0.29) is 10.0 Å². The second-order valence-corrected chi connectivity index (χ2v) is 9.59. The van der Waals surface area contributed by atoms with Gasteiger partial charge in [-0.25, -0.2) is 12.8 Å². The minimum atomic E-state index is -3.67. The Labute approximate surface area is 154 Å². The molecule has 134 valence electrons. The van der Waals surface area contributed by atoms with Gasteiger partial charge in [0.15, 0.2) is 9.84 Å². The third-order valence-corrected chi connectivity index (χ3v) is 7.41. The number of thiophene rings is 1. The number of halogens is 2. The van der Waals surface area contributed by atoms with Gasteiger partial charge < -0.3 is 9.80 Å². The number of benzene rings is 1. The Morgan fingerprint density at radius 3 is 2.28 bits per heavy atom. The standard InChI is InChI=1S/C16H16ClFN2O3S2/c17-14-5-6-16(24-14)25(22,23)11-15(21)20-9-7-19(8-10-20)13-3-1-12(18)2-4-13/h1-6H,7-11H2. The SMILES string of the molecule is O=C(CS(=O)(=O)c1ccc(Cl)s1)N1CCN(c2ccc(F)cc2)CC1. The molecule has 0 radical (unpaired) electrons. The maximum atomic E-state index is 13.0. The minimum Gasteiger partial charge on any atom is -0.368 e. The molecule has 9 heteroatoms. The van der Waals surface area contributed by atoms with Gasteiger partial charge >= 0.3 is 0 Å². The highest BCUT2D eigenvalue weighted by Crippen LogP contribution is 2.26. The second kappa shape index (κ2) is 7.31. The number of carbonyl (C=O) groups is 1. The molecule has 0 bridgehead atoms. The average Bonchev–Trinajstić information content (AvgIpc) is 3.03. The molecule has 0 saturated carbocycles. The highest BCUT2D eigenvalue weighted by molar-refractivity contribution is 7.94. The van der Waals surface area contributed by atoms with E-state index in [1.165, 1.54) is 24.3 Å². The summed E-state index contributed by atoms with van der Waals surface area (Å²) in [6.45, 7) is 2.00. The molecule has 1 aliphatic rings. The smallest absolute Gasteiger partial charge is 0.238 e. The number of anilines is 1. The second-order valence-electron chi connectivity index (χ2n) is 5.66. The number of hydrogen-bond donors (Lipinski definition) is 0. The van der Waals surface area contributed by atoms with Crippen LogP contribution in [0.2, 0.25) is 4.34 Å². The summed E-state index contributed by atoms with van der Waals surface area (Å²) in [7, 11) is -3.67. The predicted octanol–water partition coefficient (Wildman–Crippen LogP) is 2.66. The molecule has 2 aromatic rings. The van der Waals surface area contributed by atoms with Crippen molar-refractivity contribution in [3.63, 3.8) is 0 Å². The lowest BCUT2D eigenvalue weighted by atomic mass is 10.2. The lowest BCUT2D eigenvalue weighted by Crippen LogP contribution is -2.50. The van der Waals surface area contributed by atoms with E-state index in [4.69, 9.17) is 11.6 Å². The Hall–Kier alpha value is -1.64. The zero-order valence-electron chi connectivity index (χ0n) is 13.2. The summed E-state index contributed by atoms with van der Waals surface area (Å²) in [6.07, 6.45) is 0. The van der Waals surface area contributed by atoms with Gasteiger partial charge in [-0.15, -0.1) is 11.3 Å². The largest absolute Gasteiger partial charge is 0.368 e. The Morgan fingerprint density at radius 2 is 1.72 bits per heavy atom. The van der Waals surface area contributed by atoms with Crippen LogP contribution in [-0.2, 0) is 14.6 Å². The fraction of sp³-hybridized carbons (Fsp3) is 0.312. The van der Waals surface area contributed by atoms with Crippen molar-refractivity contribution in [1.29, 1.82) is 0 Å². The molecule has 2 heterocycles. The molecule has 1 saturated heterocycles. The van der Waals surface area contributed by atoms with E-state index in [2.05, 4.69) is 0 Å². The van der Waals surface area contributed by atoms with Gasteiger partial charge in [0, 0.05) is 31.9 Å². The highest BCUT2D eigenvalue weighted by atomic mass is 35.5. The molecule has 0 N–H and O–H groups in total. The van der Waals surface area contributed by atoms with Gasteiger partial charge in [0.25, 0.3) is 0 Å². The molecule has 0 unspecified atom stereocenters. The fourth-order valence-electron chi connectivity index (χ4n) is 2.66. The van der Waals surface area contributed by atoms with Gasteiger partial charge in [0.1, 0.15) is 15.8 Å². The zero-order valence-corrected chi connectivity index (χ0v) is 15.6. The molecule has 1 aromatic carbocycles. The Kier molecular flexibility index (Phi) is 5.31. The normalized spacial score (nSPS) is 15.4. The Balaban J connectivity index is 1.59. The van der Waals surface area contributed by atoms with Crippen LogP contribution in [-0.4, -0.2) is 51.2 Å². The first-order valence-corrected chi connectivity index (χ1v) is 10.5. The molecular formula is C16H16ClFN2O3S2. The number of nitrogens with zero attached hydrogens (tertiary/aromatic N) is 2. The maximum Gasteiger partial charge on any atom is 0.238 e. The highest BCUT2D eigenvalue weighted by Gasteiger charge is 2.27. The Bertz CT molecular complexity index is 860. The zero-order chi connectivity index (χ0) is 18.0.